The number of hydrogen-bond acceptors (Lipinski definition) is 24. The number of nitriles is 8. The van der Waals surface area contributed by atoms with Crippen LogP contribution in [-0.4, -0.2) is 101 Å². The van der Waals surface area contributed by atoms with E-state index in [-0.39, 0.29) is 90.6 Å². The Kier molecular flexibility index (Phi) is 36.7. The van der Waals surface area contributed by atoms with Gasteiger partial charge in [-0.05, 0) is 50.9 Å². The van der Waals surface area contributed by atoms with E-state index in [0.717, 1.165) is 0 Å². The smallest absolute Gasteiger partial charge is 0.309 e. The Balaban J connectivity index is 7.84. The maximum atomic E-state index is 14.2. The predicted octanol–water partition coefficient (Wildman–Crippen LogP) is 4.73. The van der Waals surface area contributed by atoms with E-state index in [0.29, 0.717) is 0 Å². The molecule has 0 spiro atoms. The predicted molar refractivity (Wildman–Crippen MR) is 246 cm³/mol. The van der Waals surface area contributed by atoms with Crippen molar-refractivity contribution in [3.8, 4) is 48.6 Å². The van der Waals surface area contributed by atoms with Crippen LogP contribution in [0.3, 0.4) is 0 Å². The van der Waals surface area contributed by atoms with E-state index in [2.05, 4.69) is 0 Å². The Morgan fingerprint density at radius 3 is 0.784 bits per heavy atom. The number of esters is 8. The summed E-state index contributed by atoms with van der Waals surface area (Å²) in [5.41, 5.74) is 0. The number of ether oxygens (including phenoxy) is 8. The quantitative estimate of drug-likeness (QED) is 0.0456. The van der Waals surface area contributed by atoms with E-state index in [1.807, 2.05) is 48.6 Å². The molecule has 24 nitrogen and oxygen atoms in total. The van der Waals surface area contributed by atoms with E-state index >= 15 is 0 Å². The van der Waals surface area contributed by atoms with Crippen LogP contribution in [-0.2, 0) is 76.3 Å². The van der Waals surface area contributed by atoms with Gasteiger partial charge in [0, 0.05) is 6.42 Å². The van der Waals surface area contributed by atoms with Crippen molar-refractivity contribution < 1.29 is 76.3 Å². The van der Waals surface area contributed by atoms with E-state index in [9.17, 15) is 59.4 Å². The van der Waals surface area contributed by atoms with Gasteiger partial charge in [-0.25, -0.2) is 0 Å². The lowest BCUT2D eigenvalue weighted by atomic mass is 9.77. The number of carbonyl (C=O) groups is 8. The summed E-state index contributed by atoms with van der Waals surface area (Å²) in [6, 6.07) is 14.5. The summed E-state index contributed by atoms with van der Waals surface area (Å²) in [7, 11) is 0. The van der Waals surface area contributed by atoms with Crippen molar-refractivity contribution in [2.75, 3.05) is 52.9 Å². The molecule has 0 rings (SSSR count). The molecule has 0 aromatic rings. The van der Waals surface area contributed by atoms with Crippen LogP contribution >= 0.6 is 0 Å². The Labute approximate surface area is 430 Å². The fourth-order valence-electron chi connectivity index (χ4n) is 7.21. The van der Waals surface area contributed by atoms with E-state index in [4.69, 9.17) is 58.9 Å². The maximum Gasteiger partial charge on any atom is 0.309 e. The summed E-state index contributed by atoms with van der Waals surface area (Å²) in [4.78, 5) is 110. The van der Waals surface area contributed by atoms with Crippen molar-refractivity contribution in [2.24, 2.45) is 47.3 Å². The minimum Gasteiger partial charge on any atom is -0.465 e. The number of nitrogens with zero attached hydrogens (tertiary/aromatic N) is 8. The zero-order valence-corrected chi connectivity index (χ0v) is 41.7. The second kappa shape index (κ2) is 41.3. The number of hydrogen-bond donors (Lipinski definition) is 0. The standard InChI is InChI=1S/C50H62N8O16/c1-35(2)42(50(66)74-28-10-20-58)34-41(49(65)73-27-9-19-57)33-40(48(64)72-26-8-18-56)32-39(47(63)71-25-7-17-55)31-38(46(62)70-24-6-16-54)30-37(45(61)69-23-5-15-53)29-36(44(60)68-22-4-14-52)11-12-43(59)67-21-3-13-51/h35-42H,3-12,21-34H2,1-2H3. The lowest BCUT2D eigenvalue weighted by Crippen LogP contribution is -2.35. The third-order valence-corrected chi connectivity index (χ3v) is 10.9. The normalized spacial score (nSPS) is 13.0. The van der Waals surface area contributed by atoms with Gasteiger partial charge in [0.05, 0.1) is 141 Å². The molecule has 0 aliphatic carbocycles. The average molecular weight is 1030 g/mol. The molecule has 0 aliphatic heterocycles. The molecule has 0 N–H and O–H groups in total. The molecule has 0 saturated heterocycles. The molecule has 74 heavy (non-hydrogen) atoms. The fourth-order valence-corrected chi connectivity index (χ4v) is 7.21. The first kappa shape index (κ1) is 65.7. The highest BCUT2D eigenvalue weighted by molar-refractivity contribution is 5.81. The van der Waals surface area contributed by atoms with Gasteiger partial charge >= 0.3 is 47.8 Å². The lowest BCUT2D eigenvalue weighted by Gasteiger charge is -2.29. The highest BCUT2D eigenvalue weighted by Crippen LogP contribution is 2.36. The third kappa shape index (κ3) is 29.1. The summed E-state index contributed by atoms with van der Waals surface area (Å²) >= 11 is 0. The second-order valence-corrected chi connectivity index (χ2v) is 16.6. The summed E-state index contributed by atoms with van der Waals surface area (Å²) in [5, 5.41) is 72.9. The van der Waals surface area contributed by atoms with Crippen LogP contribution in [0.15, 0.2) is 0 Å². The molecule has 0 saturated carbocycles. The Hall–Kier alpha value is -8.32. The van der Waals surface area contributed by atoms with Gasteiger partial charge in [0.1, 0.15) is 52.9 Å². The van der Waals surface area contributed by atoms with Crippen LogP contribution in [0.25, 0.3) is 0 Å². The fraction of sp³-hybridized carbons (Fsp3) is 0.680. The highest BCUT2D eigenvalue weighted by Gasteiger charge is 2.41. The first-order valence-corrected chi connectivity index (χ1v) is 23.9. The summed E-state index contributed by atoms with van der Waals surface area (Å²) in [6.45, 7) is 0.227. The minimum atomic E-state index is -1.56. The minimum absolute atomic E-state index is 0.125. The topological polar surface area (TPSA) is 401 Å². The van der Waals surface area contributed by atoms with Crippen molar-refractivity contribution in [3.05, 3.63) is 0 Å². The zero-order chi connectivity index (χ0) is 55.5. The molecule has 0 heterocycles. The first-order valence-electron chi connectivity index (χ1n) is 23.9. The SMILES string of the molecule is CC(C)C(CC(CC(CC(CC(CC(CC(CCC(=O)OCCC#N)C(=O)OCCC#N)C(=O)OCCC#N)C(=O)OCCC#N)C(=O)OCCC#N)C(=O)OCCC#N)C(=O)OCCC#N)C(=O)OCCC#N. The van der Waals surface area contributed by atoms with E-state index in [1.165, 1.54) is 0 Å². The van der Waals surface area contributed by atoms with Crippen LogP contribution in [0.4, 0.5) is 0 Å². The molecular formula is C50H62N8O16. The molecule has 0 aromatic carbocycles. The average Bonchev–Trinajstić information content (AvgIpc) is 3.37. The van der Waals surface area contributed by atoms with Crippen LogP contribution in [0.1, 0.15) is 117 Å². The summed E-state index contributed by atoms with van der Waals surface area (Å²) in [5.74, 6) is -18.0. The molecule has 7 atom stereocenters. The van der Waals surface area contributed by atoms with E-state index in [1.54, 1.807) is 13.8 Å². The summed E-state index contributed by atoms with van der Waals surface area (Å²) in [6.07, 6.45) is -5.73. The second-order valence-electron chi connectivity index (χ2n) is 16.6. The maximum absolute atomic E-state index is 14.2. The molecule has 24 heteroatoms. The molecule has 0 bridgehead atoms. The van der Waals surface area contributed by atoms with Gasteiger partial charge in [-0.15, -0.1) is 0 Å². The van der Waals surface area contributed by atoms with Gasteiger partial charge in [-0.2, -0.15) is 42.1 Å². The molecule has 0 aliphatic rings. The van der Waals surface area contributed by atoms with Crippen molar-refractivity contribution in [3.63, 3.8) is 0 Å². The highest BCUT2D eigenvalue weighted by atomic mass is 16.6. The largest absolute Gasteiger partial charge is 0.465 e. The van der Waals surface area contributed by atoms with Gasteiger partial charge in [-0.3, -0.25) is 38.4 Å². The van der Waals surface area contributed by atoms with Crippen molar-refractivity contribution in [2.45, 2.75) is 117 Å². The third-order valence-electron chi connectivity index (χ3n) is 10.9. The van der Waals surface area contributed by atoms with Gasteiger partial charge in [0.2, 0.25) is 0 Å². The van der Waals surface area contributed by atoms with Gasteiger partial charge in [0.15, 0.2) is 0 Å². The molecule has 0 radical (unpaired) electrons. The van der Waals surface area contributed by atoms with Crippen molar-refractivity contribution >= 4 is 47.8 Å². The molecule has 0 aromatic heterocycles. The lowest BCUT2D eigenvalue weighted by molar-refractivity contribution is -0.158. The molecule has 0 fully saturated rings. The van der Waals surface area contributed by atoms with Crippen molar-refractivity contribution in [1.82, 2.24) is 0 Å². The Morgan fingerprint density at radius 1 is 0.311 bits per heavy atom. The molecular weight excluding hydrogens is 969 g/mol. The van der Waals surface area contributed by atoms with Crippen LogP contribution in [0.5, 0.6) is 0 Å². The van der Waals surface area contributed by atoms with Gasteiger partial charge in [0.25, 0.3) is 0 Å². The van der Waals surface area contributed by atoms with Gasteiger partial charge in [-0.1, -0.05) is 13.8 Å². The van der Waals surface area contributed by atoms with E-state index < -0.39 is 160 Å². The first-order chi connectivity index (χ1) is 35.6. The summed E-state index contributed by atoms with van der Waals surface area (Å²) < 4.78 is 42.5. The Bertz CT molecular complexity index is 2180. The zero-order valence-electron chi connectivity index (χ0n) is 41.7. The number of rotatable bonds is 39. The van der Waals surface area contributed by atoms with Gasteiger partial charge < -0.3 is 37.9 Å². The van der Waals surface area contributed by atoms with Crippen LogP contribution in [0, 0.1) is 138 Å². The molecule has 398 valence electrons. The molecule has 7 unspecified atom stereocenters. The van der Waals surface area contributed by atoms with Crippen LogP contribution < -0.4 is 0 Å². The molecule has 0 amide bonds. The number of carbonyl (C=O) groups excluding carboxylic acids is 8. The van der Waals surface area contributed by atoms with Crippen LogP contribution in [0.2, 0.25) is 0 Å². The monoisotopic (exact) mass is 1030 g/mol. The Morgan fingerprint density at radius 2 is 0.527 bits per heavy atom. The van der Waals surface area contributed by atoms with Crippen molar-refractivity contribution in [1.29, 1.82) is 42.1 Å².